The third-order valence-electron chi connectivity index (χ3n) is 7.40. The Kier molecular flexibility index (Phi) is 8.12. The van der Waals surface area contributed by atoms with Crippen LogP contribution >= 0.6 is 0 Å². The molecule has 7 unspecified atom stereocenters. The van der Waals surface area contributed by atoms with Crippen molar-refractivity contribution in [2.24, 2.45) is 0 Å². The second-order valence-corrected chi connectivity index (χ2v) is 10.0. The Morgan fingerprint density at radius 1 is 0.865 bits per heavy atom. The second kappa shape index (κ2) is 11.9. The van der Waals surface area contributed by atoms with Gasteiger partial charge in [-0.1, -0.05) is 0 Å². The Hall–Kier alpha value is -1.93. The number of hydrogen-bond acceptors (Lipinski definition) is 10. The van der Waals surface area contributed by atoms with Crippen molar-refractivity contribution in [3.05, 3.63) is 23.0 Å². The third-order valence-corrected chi connectivity index (χ3v) is 7.40. The quantitative estimate of drug-likeness (QED) is 0.554. The molecular formula is C25H36N4O8. The van der Waals surface area contributed by atoms with Crippen molar-refractivity contribution in [2.75, 3.05) is 26.4 Å². The maximum atomic E-state index is 12.3. The van der Waals surface area contributed by atoms with Crippen LogP contribution in [0.15, 0.2) is 17.4 Å². The van der Waals surface area contributed by atoms with Gasteiger partial charge in [-0.2, -0.15) is 0 Å². The fraction of sp³-hybridized carbons (Fsp3) is 0.800. The first-order chi connectivity index (χ1) is 18.3. The van der Waals surface area contributed by atoms with Crippen LogP contribution in [0.3, 0.4) is 0 Å². The number of aromatic amines is 1. The lowest BCUT2D eigenvalue weighted by Crippen LogP contribution is -2.44. The minimum atomic E-state index is -0.653. The zero-order valence-electron chi connectivity index (χ0n) is 21.0. The van der Waals surface area contributed by atoms with Crippen LogP contribution in [-0.4, -0.2) is 83.1 Å². The molecule has 0 aromatic carbocycles. The summed E-state index contributed by atoms with van der Waals surface area (Å²) in [6.07, 6.45) is 8.40. The number of rotatable bonds is 8. The highest BCUT2D eigenvalue weighted by molar-refractivity contribution is 5.68. The summed E-state index contributed by atoms with van der Waals surface area (Å²) in [7, 11) is 0. The van der Waals surface area contributed by atoms with E-state index in [1.807, 2.05) is 0 Å². The first kappa shape index (κ1) is 25.4. The lowest BCUT2D eigenvalue weighted by molar-refractivity contribution is -0.250. The highest BCUT2D eigenvalue weighted by Gasteiger charge is 2.50. The van der Waals surface area contributed by atoms with E-state index < -0.39 is 24.5 Å². The summed E-state index contributed by atoms with van der Waals surface area (Å²) in [5.74, 6) is 0. The Morgan fingerprint density at radius 3 is 2.16 bits per heavy atom. The van der Waals surface area contributed by atoms with Crippen molar-refractivity contribution in [3.8, 4) is 0 Å². The number of nitrogens with zero attached hydrogens (tertiary/aromatic N) is 3. The molecule has 4 fully saturated rings. The van der Waals surface area contributed by atoms with Crippen LogP contribution < -0.4 is 5.56 Å². The Morgan fingerprint density at radius 2 is 1.51 bits per heavy atom. The van der Waals surface area contributed by atoms with Crippen LogP contribution in [0.5, 0.6) is 0 Å². The Balaban J connectivity index is 1.30. The minimum absolute atomic E-state index is 0.238. The molecule has 4 aliphatic rings. The van der Waals surface area contributed by atoms with Crippen molar-refractivity contribution < 1.29 is 33.2 Å². The van der Waals surface area contributed by atoms with Gasteiger partial charge < -0.3 is 38.1 Å². The van der Waals surface area contributed by atoms with Gasteiger partial charge in [-0.05, 0) is 57.8 Å². The van der Waals surface area contributed by atoms with Gasteiger partial charge in [0.05, 0.1) is 19.3 Å². The van der Waals surface area contributed by atoms with Gasteiger partial charge in [-0.15, -0.1) is 0 Å². The topological polar surface area (TPSA) is 128 Å². The largest absolute Gasteiger partial charge is 0.353 e. The van der Waals surface area contributed by atoms with Crippen molar-refractivity contribution >= 4 is 11.2 Å². The molecule has 2 aromatic heterocycles. The predicted octanol–water partition coefficient (Wildman–Crippen LogP) is 2.38. The predicted molar refractivity (Wildman–Crippen MR) is 129 cm³/mol. The van der Waals surface area contributed by atoms with Crippen molar-refractivity contribution in [3.63, 3.8) is 0 Å². The summed E-state index contributed by atoms with van der Waals surface area (Å²) >= 11 is 0. The molecular weight excluding hydrogens is 484 g/mol. The number of nitrogens with one attached hydrogen (secondary N) is 1. The van der Waals surface area contributed by atoms with E-state index in [2.05, 4.69) is 15.0 Å². The molecule has 6 rings (SSSR count). The molecule has 0 aliphatic carbocycles. The van der Waals surface area contributed by atoms with Gasteiger partial charge in [0.25, 0.3) is 5.56 Å². The van der Waals surface area contributed by atoms with Gasteiger partial charge in [-0.3, -0.25) is 9.36 Å². The summed E-state index contributed by atoms with van der Waals surface area (Å²) in [6, 6.07) is 0. The zero-order chi connectivity index (χ0) is 25.0. The molecule has 1 N–H and O–H groups in total. The lowest BCUT2D eigenvalue weighted by Gasteiger charge is -2.34. The first-order valence-electron chi connectivity index (χ1n) is 13.6. The highest BCUT2D eigenvalue weighted by atomic mass is 16.7. The summed E-state index contributed by atoms with van der Waals surface area (Å²) in [4.78, 5) is 23.6. The smallest absolute Gasteiger partial charge is 0.278 e. The first-order valence-corrected chi connectivity index (χ1v) is 13.6. The molecule has 0 radical (unpaired) electrons. The summed E-state index contributed by atoms with van der Waals surface area (Å²) < 4.78 is 45.2. The van der Waals surface area contributed by atoms with Crippen LogP contribution in [0.1, 0.15) is 64.0 Å². The molecule has 0 saturated carbocycles. The van der Waals surface area contributed by atoms with Crippen molar-refractivity contribution in [1.29, 1.82) is 0 Å². The number of H-pyrrole nitrogens is 1. The van der Waals surface area contributed by atoms with E-state index in [4.69, 9.17) is 33.2 Å². The van der Waals surface area contributed by atoms with E-state index in [0.29, 0.717) is 25.5 Å². The monoisotopic (exact) mass is 520 g/mol. The van der Waals surface area contributed by atoms with Gasteiger partial charge in [-0.25, -0.2) is 9.97 Å². The number of hydrogen-bond donors (Lipinski definition) is 1. The molecule has 0 bridgehead atoms. The van der Waals surface area contributed by atoms with Crippen LogP contribution in [0, 0.1) is 0 Å². The summed E-state index contributed by atoms with van der Waals surface area (Å²) in [5, 5.41) is 0. The van der Waals surface area contributed by atoms with Crippen LogP contribution in [0.2, 0.25) is 0 Å². The minimum Gasteiger partial charge on any atom is -0.353 e. The maximum Gasteiger partial charge on any atom is 0.278 e. The normalized spacial score (nSPS) is 35.2. The van der Waals surface area contributed by atoms with E-state index in [-0.39, 0.29) is 36.6 Å². The number of fused-ring (bicyclic) bond motifs is 1. The molecule has 7 atom stereocenters. The van der Waals surface area contributed by atoms with Crippen molar-refractivity contribution in [2.45, 2.75) is 101 Å². The molecule has 6 heterocycles. The van der Waals surface area contributed by atoms with E-state index in [1.54, 1.807) is 10.9 Å². The van der Waals surface area contributed by atoms with E-state index in [1.165, 1.54) is 6.33 Å². The number of aromatic nitrogens is 4. The molecule has 12 nitrogen and oxygen atoms in total. The van der Waals surface area contributed by atoms with Crippen LogP contribution in [0.4, 0.5) is 0 Å². The van der Waals surface area contributed by atoms with Gasteiger partial charge in [0.1, 0.15) is 18.3 Å². The zero-order valence-corrected chi connectivity index (χ0v) is 21.0. The lowest BCUT2D eigenvalue weighted by atomic mass is 10.1. The SMILES string of the molecule is O=c1[nH]cnc2c1ncn2C1OC(COC2CCCCO2)C(OC2CCCCO2)C1OC1CCCCO1. The summed E-state index contributed by atoms with van der Waals surface area (Å²) in [6.45, 7) is 2.27. The van der Waals surface area contributed by atoms with E-state index >= 15 is 0 Å². The molecule has 204 valence electrons. The van der Waals surface area contributed by atoms with Gasteiger partial charge >= 0.3 is 0 Å². The van der Waals surface area contributed by atoms with E-state index in [0.717, 1.165) is 57.8 Å². The highest BCUT2D eigenvalue weighted by Crippen LogP contribution is 2.38. The third kappa shape index (κ3) is 5.75. The molecule has 4 aliphatic heterocycles. The molecule has 2 aromatic rings. The fourth-order valence-corrected chi connectivity index (χ4v) is 5.46. The molecule has 0 spiro atoms. The standard InChI is InChI=1S/C25H36N4O8/c30-24-20-23(26-14-27-24)29(15-28-20)25-22(37-19-9-3-6-12-33-19)21(36-18-8-2-5-11-32-18)16(35-25)13-34-17-7-1-4-10-31-17/h14-19,21-22,25H,1-13H2,(H,26,27,30). The fourth-order valence-electron chi connectivity index (χ4n) is 5.46. The second-order valence-electron chi connectivity index (χ2n) is 10.0. The average molecular weight is 521 g/mol. The molecule has 0 amide bonds. The maximum absolute atomic E-state index is 12.3. The van der Waals surface area contributed by atoms with Gasteiger partial charge in [0.2, 0.25) is 0 Å². The molecule has 37 heavy (non-hydrogen) atoms. The van der Waals surface area contributed by atoms with Crippen LogP contribution in [-0.2, 0) is 33.2 Å². The molecule has 4 saturated heterocycles. The number of ether oxygens (including phenoxy) is 7. The van der Waals surface area contributed by atoms with Crippen LogP contribution in [0.25, 0.3) is 11.2 Å². The Labute approximate surface area is 214 Å². The van der Waals surface area contributed by atoms with Gasteiger partial charge in [0.15, 0.2) is 36.3 Å². The molecule has 12 heteroatoms. The average Bonchev–Trinajstić information content (AvgIpc) is 3.52. The summed E-state index contributed by atoms with van der Waals surface area (Å²) in [5.41, 5.74) is 0.339. The number of imidazole rings is 1. The van der Waals surface area contributed by atoms with E-state index in [9.17, 15) is 4.79 Å². The Bertz CT molecular complexity index is 1060. The van der Waals surface area contributed by atoms with Gasteiger partial charge in [0, 0.05) is 19.8 Å². The van der Waals surface area contributed by atoms with Crippen molar-refractivity contribution in [1.82, 2.24) is 19.5 Å².